The number of rotatable bonds is 8. The summed E-state index contributed by atoms with van der Waals surface area (Å²) in [6.45, 7) is 9.28. The molecule has 0 aromatic heterocycles. The zero-order valence-corrected chi connectivity index (χ0v) is 24.4. The van der Waals surface area contributed by atoms with Gasteiger partial charge in [0.2, 0.25) is 0 Å². The molecule has 9 nitrogen and oxygen atoms in total. The van der Waals surface area contributed by atoms with Crippen LogP contribution in [-0.4, -0.2) is 36.8 Å². The van der Waals surface area contributed by atoms with Gasteiger partial charge in [0.05, 0.1) is 11.1 Å². The molecule has 0 spiro atoms. The van der Waals surface area contributed by atoms with Gasteiger partial charge in [0.25, 0.3) is 10.0 Å². The van der Waals surface area contributed by atoms with Crippen molar-refractivity contribution in [2.45, 2.75) is 89.1 Å². The molecule has 1 heterocycles. The fraction of sp³-hybridized carbons (Fsp3) is 0.433. The maximum absolute atomic E-state index is 14.3. The van der Waals surface area contributed by atoms with E-state index < -0.39 is 27.1 Å². The predicted molar refractivity (Wildman–Crippen MR) is 156 cm³/mol. The second-order valence-electron chi connectivity index (χ2n) is 11.3. The summed E-state index contributed by atoms with van der Waals surface area (Å²) in [7, 11) is -4.29. The van der Waals surface area contributed by atoms with E-state index in [9.17, 15) is 23.1 Å². The quantitative estimate of drug-likeness (QED) is 0.322. The normalized spacial score (nSPS) is 17.3. The number of ether oxygens (including phenoxy) is 1. The second-order valence-corrected chi connectivity index (χ2v) is 12.8. The van der Waals surface area contributed by atoms with Gasteiger partial charge in [0.1, 0.15) is 21.8 Å². The van der Waals surface area contributed by atoms with Crippen molar-refractivity contribution in [1.29, 1.82) is 0 Å². The Morgan fingerprint density at radius 1 is 1.07 bits per heavy atom. The van der Waals surface area contributed by atoms with E-state index in [0.29, 0.717) is 18.4 Å². The third kappa shape index (κ3) is 5.63. The van der Waals surface area contributed by atoms with Crippen molar-refractivity contribution in [1.82, 2.24) is 0 Å². The van der Waals surface area contributed by atoms with Gasteiger partial charge in [0.15, 0.2) is 11.6 Å². The summed E-state index contributed by atoms with van der Waals surface area (Å²) < 4.78 is 35.9. The van der Waals surface area contributed by atoms with Crippen LogP contribution in [0.5, 0.6) is 0 Å². The molecule has 2 aromatic rings. The Bertz CT molecular complexity index is 1490. The zero-order chi connectivity index (χ0) is 29.3. The van der Waals surface area contributed by atoms with Crippen LogP contribution in [0.3, 0.4) is 0 Å². The third-order valence-corrected chi connectivity index (χ3v) is 8.43. The van der Waals surface area contributed by atoms with E-state index in [1.807, 2.05) is 12.1 Å². The summed E-state index contributed by atoms with van der Waals surface area (Å²) in [6, 6.07) is 11.6. The molecule has 0 fully saturated rings. The van der Waals surface area contributed by atoms with Crippen LogP contribution in [0.4, 0.5) is 16.2 Å². The van der Waals surface area contributed by atoms with E-state index in [0.717, 1.165) is 31.2 Å². The van der Waals surface area contributed by atoms with Gasteiger partial charge in [-0.15, -0.1) is 4.40 Å². The van der Waals surface area contributed by atoms with Crippen LogP contribution in [0.25, 0.3) is 5.76 Å². The lowest BCUT2D eigenvalue weighted by molar-refractivity contribution is -0.121. The molecular weight excluding hydrogens is 530 g/mol. The van der Waals surface area contributed by atoms with Crippen molar-refractivity contribution in [3.63, 3.8) is 0 Å². The molecule has 1 aliphatic carbocycles. The van der Waals surface area contributed by atoms with Gasteiger partial charge in [-0.3, -0.25) is 10.1 Å². The standard InChI is InChI=1S/C30H37N3O6S/c1-6-8-16-30(17-9-7-2)21-13-11-10-12-20(21)25(34)24(26(30)35)27-32-22-15-14-19(18-23(22)40(37,38)33-27)31-28(36)39-29(3,4)5/h10-15,18,34H,6-9,16-17H2,1-5H3,(H,31,36)(H,32,33). The summed E-state index contributed by atoms with van der Waals surface area (Å²) >= 11 is 0. The average Bonchev–Trinajstić information content (AvgIpc) is 2.87. The van der Waals surface area contributed by atoms with E-state index in [-0.39, 0.29) is 39.2 Å². The molecule has 40 heavy (non-hydrogen) atoms. The lowest BCUT2D eigenvalue weighted by atomic mass is 9.63. The highest BCUT2D eigenvalue weighted by atomic mass is 32.2. The SMILES string of the molecule is CCCCC1(CCCC)C(=O)C(C2=NS(=O)(=O)c3cc(NC(=O)OC(C)(C)C)ccc3N2)=C(O)c2ccccc21. The van der Waals surface area contributed by atoms with Crippen molar-refractivity contribution in [2.75, 3.05) is 10.6 Å². The number of anilines is 2. The predicted octanol–water partition coefficient (Wildman–Crippen LogP) is 6.72. The summed E-state index contributed by atoms with van der Waals surface area (Å²) in [5.74, 6) is -0.842. The van der Waals surface area contributed by atoms with E-state index >= 15 is 0 Å². The van der Waals surface area contributed by atoms with Gasteiger partial charge in [-0.25, -0.2) is 4.79 Å². The molecule has 0 unspecified atom stereocenters. The first-order valence-electron chi connectivity index (χ1n) is 13.7. The minimum Gasteiger partial charge on any atom is -0.506 e. The Hall–Kier alpha value is -3.66. The highest BCUT2D eigenvalue weighted by Crippen LogP contribution is 2.47. The number of unbranched alkanes of at least 4 members (excludes halogenated alkanes) is 2. The number of sulfonamides is 1. The van der Waals surface area contributed by atoms with E-state index in [1.54, 1.807) is 32.9 Å². The molecule has 2 aliphatic rings. The smallest absolute Gasteiger partial charge is 0.412 e. The number of hydrogen-bond donors (Lipinski definition) is 3. The summed E-state index contributed by atoms with van der Waals surface area (Å²) in [5, 5.41) is 16.9. The van der Waals surface area contributed by atoms with Gasteiger partial charge in [-0.1, -0.05) is 63.8 Å². The number of hydrogen-bond acceptors (Lipinski definition) is 7. The number of carbonyl (C=O) groups is 2. The van der Waals surface area contributed by atoms with Crippen LogP contribution < -0.4 is 10.6 Å². The van der Waals surface area contributed by atoms with Crippen molar-refractivity contribution in [3.05, 3.63) is 59.2 Å². The van der Waals surface area contributed by atoms with E-state index in [2.05, 4.69) is 28.9 Å². The fourth-order valence-electron chi connectivity index (χ4n) is 5.28. The number of Topliss-reactive ketones (excluding diaryl/α,β-unsaturated/α-hetero) is 1. The summed E-state index contributed by atoms with van der Waals surface area (Å²) in [5.41, 5.74) is -0.0975. The van der Waals surface area contributed by atoms with Crippen LogP contribution in [0.15, 0.2) is 57.3 Å². The van der Waals surface area contributed by atoms with Gasteiger partial charge < -0.3 is 15.2 Å². The number of nitrogens with zero attached hydrogens (tertiary/aromatic N) is 1. The van der Waals surface area contributed by atoms with Crippen LogP contribution >= 0.6 is 0 Å². The minimum absolute atomic E-state index is 0.129. The first-order chi connectivity index (χ1) is 18.8. The molecule has 0 bridgehead atoms. The molecule has 0 saturated carbocycles. The molecule has 2 aromatic carbocycles. The van der Waals surface area contributed by atoms with Crippen LogP contribution in [-0.2, 0) is 25.0 Å². The molecule has 4 rings (SSSR count). The Kier molecular flexibility index (Phi) is 8.12. The number of aliphatic hydroxyl groups is 1. The van der Waals surface area contributed by atoms with E-state index in [4.69, 9.17) is 4.74 Å². The van der Waals surface area contributed by atoms with Crippen molar-refractivity contribution >= 4 is 44.9 Å². The topological polar surface area (TPSA) is 134 Å². The third-order valence-electron chi connectivity index (χ3n) is 7.12. The number of nitrogens with one attached hydrogen (secondary N) is 2. The van der Waals surface area contributed by atoms with E-state index in [1.165, 1.54) is 18.2 Å². The Morgan fingerprint density at radius 2 is 1.73 bits per heavy atom. The van der Waals surface area contributed by atoms with Crippen molar-refractivity contribution in [2.24, 2.45) is 4.40 Å². The maximum atomic E-state index is 14.3. The number of benzene rings is 2. The Balaban J connectivity index is 1.78. The molecule has 10 heteroatoms. The molecule has 0 radical (unpaired) electrons. The number of aliphatic hydroxyl groups excluding tert-OH is 1. The summed E-state index contributed by atoms with van der Waals surface area (Å²) in [4.78, 5) is 26.4. The number of amides is 1. The molecule has 1 aliphatic heterocycles. The average molecular weight is 568 g/mol. The Labute approximate surface area is 235 Å². The monoisotopic (exact) mass is 567 g/mol. The number of amidine groups is 1. The number of fused-ring (bicyclic) bond motifs is 2. The largest absolute Gasteiger partial charge is 0.506 e. The number of ketones is 1. The maximum Gasteiger partial charge on any atom is 0.412 e. The first kappa shape index (κ1) is 29.3. The second kappa shape index (κ2) is 11.1. The van der Waals surface area contributed by atoms with Gasteiger partial charge in [-0.05, 0) is 57.4 Å². The van der Waals surface area contributed by atoms with Crippen molar-refractivity contribution < 1.29 is 27.9 Å². The zero-order valence-electron chi connectivity index (χ0n) is 23.6. The Morgan fingerprint density at radius 3 is 2.35 bits per heavy atom. The fourth-order valence-corrected chi connectivity index (χ4v) is 6.42. The molecular formula is C30H37N3O6S. The molecule has 0 atom stereocenters. The molecule has 3 N–H and O–H groups in total. The van der Waals surface area contributed by atoms with Gasteiger partial charge in [-0.2, -0.15) is 8.42 Å². The molecule has 1 amide bonds. The highest BCUT2D eigenvalue weighted by Gasteiger charge is 2.48. The van der Waals surface area contributed by atoms with Crippen LogP contribution in [0.2, 0.25) is 0 Å². The highest BCUT2D eigenvalue weighted by molar-refractivity contribution is 7.90. The van der Waals surface area contributed by atoms with Gasteiger partial charge >= 0.3 is 6.09 Å². The molecule has 214 valence electrons. The lowest BCUT2D eigenvalue weighted by Crippen LogP contribution is -2.44. The minimum atomic E-state index is -4.29. The van der Waals surface area contributed by atoms with Crippen molar-refractivity contribution in [3.8, 4) is 0 Å². The number of carbonyl (C=O) groups excluding carboxylic acids is 2. The lowest BCUT2D eigenvalue weighted by Gasteiger charge is -2.39. The molecule has 0 saturated heterocycles. The van der Waals surface area contributed by atoms with Crippen LogP contribution in [0, 0.1) is 0 Å². The summed E-state index contributed by atoms with van der Waals surface area (Å²) in [6.07, 6.45) is 3.79. The van der Waals surface area contributed by atoms with Gasteiger partial charge in [0, 0.05) is 11.3 Å². The first-order valence-corrected chi connectivity index (χ1v) is 15.1. The van der Waals surface area contributed by atoms with Crippen LogP contribution in [0.1, 0.15) is 84.3 Å².